The molecule has 0 saturated heterocycles. The molecule has 0 aromatic carbocycles. The Morgan fingerprint density at radius 2 is 2.41 bits per heavy atom. The van der Waals surface area contributed by atoms with Gasteiger partial charge < -0.3 is 4.52 Å². The Morgan fingerprint density at radius 3 is 3.00 bits per heavy atom. The lowest BCUT2D eigenvalue weighted by Crippen LogP contribution is -2.28. The molecule has 0 bridgehead atoms. The molecule has 2 aromatic rings. The van der Waals surface area contributed by atoms with Crippen molar-refractivity contribution in [1.29, 1.82) is 0 Å². The van der Waals surface area contributed by atoms with E-state index in [-0.39, 0.29) is 5.75 Å². The zero-order valence-corrected chi connectivity index (χ0v) is 10.5. The number of hydrogen-bond donors (Lipinski definition) is 1. The lowest BCUT2D eigenvalue weighted by Gasteiger charge is -2.09. The van der Waals surface area contributed by atoms with Gasteiger partial charge in [-0.1, -0.05) is 5.16 Å². The molecule has 0 radical (unpaired) electrons. The fourth-order valence-electron chi connectivity index (χ4n) is 1.24. The average molecular weight is 274 g/mol. The number of nitrogens with zero attached hydrogens (tertiary/aromatic N) is 3. The van der Waals surface area contributed by atoms with Crippen molar-refractivity contribution in [2.45, 2.75) is 18.7 Å². The molecular formula is C8H10N4O3S2. The number of sulfonamides is 1. The summed E-state index contributed by atoms with van der Waals surface area (Å²) >= 11 is 1.30. The van der Waals surface area contributed by atoms with Crippen LogP contribution in [0, 0.1) is 0 Å². The van der Waals surface area contributed by atoms with Gasteiger partial charge in [0.05, 0.1) is 11.7 Å². The molecule has 0 amide bonds. The Labute approximate surface area is 102 Å². The van der Waals surface area contributed by atoms with Gasteiger partial charge in [0, 0.05) is 6.07 Å². The van der Waals surface area contributed by atoms with Crippen LogP contribution in [0.5, 0.6) is 0 Å². The Hall–Kier alpha value is -1.32. The van der Waals surface area contributed by atoms with Gasteiger partial charge in [-0.25, -0.2) is 13.1 Å². The van der Waals surface area contributed by atoms with Crippen LogP contribution in [0.4, 0.5) is 0 Å². The second kappa shape index (κ2) is 4.90. The van der Waals surface area contributed by atoms with Gasteiger partial charge in [-0.15, -0.1) is 21.5 Å². The molecular weight excluding hydrogens is 264 g/mol. The van der Waals surface area contributed by atoms with E-state index in [9.17, 15) is 8.42 Å². The summed E-state index contributed by atoms with van der Waals surface area (Å²) < 4.78 is 30.6. The highest BCUT2D eigenvalue weighted by atomic mass is 32.2. The SMILES string of the molecule is CC(NS(=O)(=O)Cc1ccon1)c1nncs1. The van der Waals surface area contributed by atoms with Crippen LogP contribution >= 0.6 is 11.3 Å². The van der Waals surface area contributed by atoms with Gasteiger partial charge in [0.15, 0.2) is 0 Å². The van der Waals surface area contributed by atoms with Crippen molar-refractivity contribution in [3.8, 4) is 0 Å². The minimum Gasteiger partial charge on any atom is -0.364 e. The van der Waals surface area contributed by atoms with Crippen molar-refractivity contribution in [3.63, 3.8) is 0 Å². The van der Waals surface area contributed by atoms with Crippen molar-refractivity contribution in [1.82, 2.24) is 20.1 Å². The number of nitrogens with one attached hydrogen (secondary N) is 1. The third-order valence-electron chi connectivity index (χ3n) is 1.93. The van der Waals surface area contributed by atoms with Crippen LogP contribution in [-0.4, -0.2) is 23.8 Å². The molecule has 0 saturated carbocycles. The van der Waals surface area contributed by atoms with Gasteiger partial charge in [0.2, 0.25) is 10.0 Å². The zero-order valence-electron chi connectivity index (χ0n) is 8.90. The quantitative estimate of drug-likeness (QED) is 0.862. The molecule has 0 fully saturated rings. The third kappa shape index (κ3) is 3.32. The third-order valence-corrected chi connectivity index (χ3v) is 4.20. The largest absolute Gasteiger partial charge is 0.364 e. The van der Waals surface area contributed by atoms with E-state index in [4.69, 9.17) is 0 Å². The van der Waals surface area contributed by atoms with Crippen LogP contribution in [0.1, 0.15) is 23.7 Å². The molecule has 2 aromatic heterocycles. The van der Waals surface area contributed by atoms with E-state index in [1.54, 1.807) is 12.4 Å². The van der Waals surface area contributed by atoms with Crippen molar-refractivity contribution in [2.24, 2.45) is 0 Å². The van der Waals surface area contributed by atoms with Crippen molar-refractivity contribution >= 4 is 21.4 Å². The molecule has 2 heterocycles. The van der Waals surface area contributed by atoms with Gasteiger partial charge in [0.25, 0.3) is 0 Å². The van der Waals surface area contributed by atoms with Crippen LogP contribution in [0.3, 0.4) is 0 Å². The standard InChI is InChI=1S/C8H10N4O3S2/c1-6(8-10-9-5-16-8)12-17(13,14)4-7-2-3-15-11-7/h2-3,5-6,12H,4H2,1H3. The minimum absolute atomic E-state index is 0.216. The first-order chi connectivity index (χ1) is 8.07. The van der Waals surface area contributed by atoms with Crippen LogP contribution in [0.2, 0.25) is 0 Å². The minimum atomic E-state index is -3.46. The van der Waals surface area contributed by atoms with Crippen molar-refractivity contribution < 1.29 is 12.9 Å². The summed E-state index contributed by atoms with van der Waals surface area (Å²) in [5.41, 5.74) is 1.92. The molecule has 0 aliphatic carbocycles. The van der Waals surface area contributed by atoms with Gasteiger partial charge in [-0.3, -0.25) is 0 Å². The average Bonchev–Trinajstić information content (AvgIpc) is 2.85. The van der Waals surface area contributed by atoms with E-state index >= 15 is 0 Å². The molecule has 1 atom stereocenters. The van der Waals surface area contributed by atoms with Crippen LogP contribution in [0.25, 0.3) is 0 Å². The monoisotopic (exact) mass is 274 g/mol. The smallest absolute Gasteiger partial charge is 0.218 e. The normalized spacial score (nSPS) is 13.7. The Balaban J connectivity index is 2.02. The van der Waals surface area contributed by atoms with Crippen molar-refractivity contribution in [3.05, 3.63) is 28.5 Å². The summed E-state index contributed by atoms with van der Waals surface area (Å²) in [6, 6.07) is 1.11. The molecule has 9 heteroatoms. The lowest BCUT2D eigenvalue weighted by molar-refractivity contribution is 0.413. The molecule has 1 unspecified atom stereocenters. The molecule has 0 spiro atoms. The molecule has 0 aliphatic rings. The maximum absolute atomic E-state index is 11.8. The maximum atomic E-state index is 11.8. The molecule has 0 aliphatic heterocycles. The van der Waals surface area contributed by atoms with Crippen LogP contribution in [-0.2, 0) is 15.8 Å². The van der Waals surface area contributed by atoms with Gasteiger partial charge in [0.1, 0.15) is 22.5 Å². The second-order valence-electron chi connectivity index (χ2n) is 3.37. The highest BCUT2D eigenvalue weighted by molar-refractivity contribution is 7.88. The number of hydrogen-bond acceptors (Lipinski definition) is 7. The number of aromatic nitrogens is 3. The van der Waals surface area contributed by atoms with Crippen molar-refractivity contribution in [2.75, 3.05) is 0 Å². The topological polar surface area (TPSA) is 98.0 Å². The highest BCUT2D eigenvalue weighted by Crippen LogP contribution is 2.15. The molecule has 7 nitrogen and oxygen atoms in total. The van der Waals surface area contributed by atoms with Gasteiger partial charge in [-0.05, 0) is 6.92 Å². The fourth-order valence-corrected chi connectivity index (χ4v) is 3.14. The van der Waals surface area contributed by atoms with Gasteiger partial charge in [-0.2, -0.15) is 0 Å². The van der Waals surface area contributed by atoms with E-state index in [1.807, 2.05) is 0 Å². The summed E-state index contributed by atoms with van der Waals surface area (Å²) in [6.45, 7) is 1.71. The Morgan fingerprint density at radius 1 is 1.59 bits per heavy atom. The lowest BCUT2D eigenvalue weighted by atomic mass is 10.4. The summed E-state index contributed by atoms with van der Waals surface area (Å²) in [5.74, 6) is -0.216. The number of rotatable bonds is 5. The predicted molar refractivity (Wildman–Crippen MR) is 60.6 cm³/mol. The van der Waals surface area contributed by atoms with E-state index in [0.29, 0.717) is 10.7 Å². The van der Waals surface area contributed by atoms with E-state index < -0.39 is 16.1 Å². The zero-order chi connectivity index (χ0) is 12.3. The molecule has 1 N–H and O–H groups in total. The first kappa shape index (κ1) is 12.1. The first-order valence-corrected chi connectivity index (χ1v) is 7.25. The summed E-state index contributed by atoms with van der Waals surface area (Å²) in [4.78, 5) is 0. The van der Waals surface area contributed by atoms with Crippen LogP contribution < -0.4 is 4.72 Å². The summed E-state index contributed by atoms with van der Waals surface area (Å²) in [6.07, 6.45) is 1.33. The van der Waals surface area contributed by atoms with E-state index in [0.717, 1.165) is 0 Å². The maximum Gasteiger partial charge on any atom is 0.218 e. The Kier molecular flexibility index (Phi) is 3.50. The highest BCUT2D eigenvalue weighted by Gasteiger charge is 2.19. The van der Waals surface area contributed by atoms with E-state index in [1.165, 1.54) is 23.7 Å². The van der Waals surface area contributed by atoms with Gasteiger partial charge >= 0.3 is 0 Å². The Bertz CT molecular complexity index is 550. The van der Waals surface area contributed by atoms with Crippen LogP contribution in [0.15, 0.2) is 22.4 Å². The predicted octanol–water partition coefficient (Wildman–Crippen LogP) is 0.707. The first-order valence-electron chi connectivity index (χ1n) is 4.72. The summed E-state index contributed by atoms with van der Waals surface area (Å²) in [5, 5.41) is 11.6. The fraction of sp³-hybridized carbons (Fsp3) is 0.375. The second-order valence-corrected chi connectivity index (χ2v) is 5.99. The molecule has 17 heavy (non-hydrogen) atoms. The molecule has 92 valence electrons. The summed E-state index contributed by atoms with van der Waals surface area (Å²) in [7, 11) is -3.46. The van der Waals surface area contributed by atoms with E-state index in [2.05, 4.69) is 24.6 Å². The molecule has 2 rings (SSSR count).